The van der Waals surface area contributed by atoms with E-state index in [1.807, 2.05) is 0 Å². The van der Waals surface area contributed by atoms with Gasteiger partial charge in [-0.1, -0.05) is 179 Å². The lowest BCUT2D eigenvalue weighted by molar-refractivity contribution is 0.521. The van der Waals surface area contributed by atoms with Crippen molar-refractivity contribution in [2.75, 3.05) is 4.90 Å². The molecule has 0 radical (unpaired) electrons. The number of nitrogens with zero attached hydrogens (tertiary/aromatic N) is 1. The fourth-order valence-corrected chi connectivity index (χ4v) is 11.7. The lowest BCUT2D eigenvalue weighted by Gasteiger charge is -2.44. The molecule has 1 aliphatic rings. The molecule has 0 amide bonds. The molecule has 0 aromatic heterocycles. The molecule has 0 saturated carbocycles. The van der Waals surface area contributed by atoms with Crippen molar-refractivity contribution in [3.8, 4) is 11.1 Å². The third kappa shape index (κ3) is 5.68. The Bertz CT molecular complexity index is 2280. The van der Waals surface area contributed by atoms with E-state index < -0.39 is 6.04 Å². The second kappa shape index (κ2) is 13.0. The van der Waals surface area contributed by atoms with Crippen LogP contribution in [0.2, 0.25) is 0 Å². The predicted octanol–water partition coefficient (Wildman–Crippen LogP) is 11.5. The molecule has 0 fully saturated rings. The molecule has 0 spiro atoms. The van der Waals surface area contributed by atoms with Crippen molar-refractivity contribution in [2.45, 2.75) is 38.5 Å². The van der Waals surface area contributed by atoms with Gasteiger partial charge in [0.05, 0.1) is 0 Å². The summed E-state index contributed by atoms with van der Waals surface area (Å²) in [6.45, 7) is 9.53. The highest BCUT2D eigenvalue weighted by Crippen LogP contribution is 2.52. The van der Waals surface area contributed by atoms with Gasteiger partial charge in [0, 0.05) is 33.9 Å². The average molecular weight is 696 g/mol. The molecule has 0 atom stereocenters. The van der Waals surface area contributed by atoms with Gasteiger partial charge in [-0.05, 0) is 91.8 Å². The number of hydrogen-bond donors (Lipinski definition) is 0. The summed E-state index contributed by atoms with van der Waals surface area (Å²) in [6, 6.07) is 63.7. The minimum Gasteiger partial charge on any atom is -0.310 e. The van der Waals surface area contributed by atoms with Crippen molar-refractivity contribution < 1.29 is 0 Å². The SMILES string of the molecule is CC1(C)c2ccc(N(c3ccccc3)c3ccccc3)cc2C(C)(C)c2ccc(-c3ccc(P(=S)(c4ccccc4)c4ccccc4)cc3)cc21. The highest BCUT2D eigenvalue weighted by atomic mass is 32.4. The summed E-state index contributed by atoms with van der Waals surface area (Å²) < 4.78 is 0. The topological polar surface area (TPSA) is 3.24 Å². The van der Waals surface area contributed by atoms with Gasteiger partial charge in [-0.2, -0.15) is 0 Å². The van der Waals surface area contributed by atoms with Crippen molar-refractivity contribution in [3.63, 3.8) is 0 Å². The number of fused-ring (bicyclic) bond motifs is 2. The van der Waals surface area contributed by atoms with E-state index in [-0.39, 0.29) is 10.8 Å². The Morgan fingerprint density at radius 3 is 1.25 bits per heavy atom. The van der Waals surface area contributed by atoms with Crippen LogP contribution in [0.15, 0.2) is 182 Å². The Hall–Kier alpha value is -5.01. The first-order chi connectivity index (χ1) is 24.7. The van der Waals surface area contributed by atoms with Crippen LogP contribution in [0.3, 0.4) is 0 Å². The normalized spacial score (nSPS) is 14.3. The van der Waals surface area contributed by atoms with Crippen LogP contribution >= 0.6 is 6.04 Å². The first-order valence-corrected chi connectivity index (χ1v) is 20.5. The van der Waals surface area contributed by atoms with Gasteiger partial charge < -0.3 is 4.90 Å². The highest BCUT2D eigenvalue weighted by Gasteiger charge is 2.42. The summed E-state index contributed by atoms with van der Waals surface area (Å²) in [4.78, 5) is 2.36. The fourth-order valence-electron chi connectivity index (χ4n) is 8.00. The van der Waals surface area contributed by atoms with E-state index >= 15 is 0 Å². The van der Waals surface area contributed by atoms with Crippen molar-refractivity contribution >= 4 is 50.8 Å². The molecule has 0 saturated heterocycles. The van der Waals surface area contributed by atoms with Gasteiger partial charge >= 0.3 is 0 Å². The molecule has 250 valence electrons. The first kappa shape index (κ1) is 33.2. The summed E-state index contributed by atoms with van der Waals surface area (Å²) in [5.74, 6) is 0. The third-order valence-corrected chi connectivity index (χ3v) is 15.8. The van der Waals surface area contributed by atoms with E-state index in [0.29, 0.717) is 0 Å². The fraction of sp³-hybridized carbons (Fsp3) is 0.125. The summed E-state index contributed by atoms with van der Waals surface area (Å²) in [5.41, 5.74) is 11.1. The second-order valence-corrected chi connectivity index (χ2v) is 19.0. The van der Waals surface area contributed by atoms with Gasteiger partial charge in [-0.15, -0.1) is 0 Å². The van der Waals surface area contributed by atoms with Gasteiger partial charge in [-0.25, -0.2) is 0 Å². The molecule has 0 aliphatic heterocycles. The summed E-state index contributed by atoms with van der Waals surface area (Å²) in [6.07, 6.45) is 0. The number of para-hydroxylation sites is 2. The maximum atomic E-state index is 6.62. The molecular weight excluding hydrogens is 654 g/mol. The third-order valence-electron chi connectivity index (χ3n) is 10.8. The predicted molar refractivity (Wildman–Crippen MR) is 223 cm³/mol. The number of hydrogen-bond acceptors (Lipinski definition) is 2. The Balaban J connectivity index is 1.18. The summed E-state index contributed by atoms with van der Waals surface area (Å²) in [7, 11) is 0. The van der Waals surface area contributed by atoms with Crippen LogP contribution in [-0.2, 0) is 22.6 Å². The van der Waals surface area contributed by atoms with E-state index in [1.165, 1.54) is 55.0 Å². The minimum absolute atomic E-state index is 0.180. The average Bonchev–Trinajstić information content (AvgIpc) is 3.18. The van der Waals surface area contributed by atoms with E-state index in [4.69, 9.17) is 11.8 Å². The molecule has 51 heavy (non-hydrogen) atoms. The van der Waals surface area contributed by atoms with Crippen LogP contribution in [0, 0.1) is 0 Å². The lowest BCUT2D eigenvalue weighted by atomic mass is 9.59. The zero-order valence-electron chi connectivity index (χ0n) is 29.6. The van der Waals surface area contributed by atoms with Crippen molar-refractivity contribution in [3.05, 3.63) is 204 Å². The molecule has 7 aromatic rings. The summed E-state index contributed by atoms with van der Waals surface area (Å²) >= 11 is 6.62. The van der Waals surface area contributed by atoms with Crippen molar-refractivity contribution in [2.24, 2.45) is 0 Å². The van der Waals surface area contributed by atoms with Crippen LogP contribution in [0.1, 0.15) is 49.9 Å². The van der Waals surface area contributed by atoms with Crippen LogP contribution < -0.4 is 20.8 Å². The molecule has 3 heteroatoms. The van der Waals surface area contributed by atoms with Crippen molar-refractivity contribution in [1.82, 2.24) is 0 Å². The lowest BCUT2D eigenvalue weighted by Crippen LogP contribution is -2.36. The van der Waals surface area contributed by atoms with Crippen LogP contribution in [0.25, 0.3) is 11.1 Å². The highest BCUT2D eigenvalue weighted by molar-refractivity contribution is 8.25. The van der Waals surface area contributed by atoms with E-state index in [2.05, 4.69) is 215 Å². The van der Waals surface area contributed by atoms with Gasteiger partial charge in [0.1, 0.15) is 0 Å². The standard InChI is InChI=1S/C48H42NPS/c1-47(2)44-32-28-39(49(37-17-9-5-10-18-37)38-19-11-6-12-20-38)34-46(44)48(3,4)43-31-27-36(33-45(43)47)35-25-29-42(30-26-35)50(51,40-21-13-7-14-22-40)41-23-15-8-16-24-41/h5-34H,1-4H3. The Morgan fingerprint density at radius 2 is 0.765 bits per heavy atom. The smallest absolute Gasteiger partial charge is 0.0464 e. The van der Waals surface area contributed by atoms with Gasteiger partial charge in [0.2, 0.25) is 0 Å². The quantitative estimate of drug-likeness (QED) is 0.153. The molecular formula is C48H42NPS. The molecule has 0 heterocycles. The number of anilines is 3. The Kier molecular flexibility index (Phi) is 8.42. The number of benzene rings is 7. The van der Waals surface area contributed by atoms with Crippen molar-refractivity contribution in [1.29, 1.82) is 0 Å². The second-order valence-electron chi connectivity index (χ2n) is 14.6. The molecule has 0 bridgehead atoms. The van der Waals surface area contributed by atoms with Crippen LogP contribution in [-0.4, -0.2) is 0 Å². The molecule has 0 unspecified atom stereocenters. The maximum absolute atomic E-state index is 6.62. The largest absolute Gasteiger partial charge is 0.310 e. The van der Waals surface area contributed by atoms with Crippen LogP contribution in [0.5, 0.6) is 0 Å². The molecule has 1 nitrogen and oxygen atoms in total. The number of rotatable bonds is 7. The van der Waals surface area contributed by atoms with Crippen LogP contribution in [0.4, 0.5) is 17.1 Å². The molecule has 8 rings (SSSR count). The minimum atomic E-state index is -2.20. The Labute approximate surface area is 308 Å². The van der Waals surface area contributed by atoms with Gasteiger partial charge in [-0.3, -0.25) is 0 Å². The summed E-state index contributed by atoms with van der Waals surface area (Å²) in [5, 5.41) is 3.64. The van der Waals surface area contributed by atoms with E-state index in [9.17, 15) is 0 Å². The Morgan fingerprint density at radius 1 is 0.373 bits per heavy atom. The molecule has 7 aromatic carbocycles. The van der Waals surface area contributed by atoms with E-state index in [0.717, 1.165) is 11.4 Å². The monoisotopic (exact) mass is 695 g/mol. The van der Waals surface area contributed by atoms with Gasteiger partial charge in [0.25, 0.3) is 0 Å². The molecule has 1 aliphatic carbocycles. The molecule has 0 N–H and O–H groups in total. The zero-order chi connectivity index (χ0) is 35.2. The zero-order valence-corrected chi connectivity index (χ0v) is 31.3. The van der Waals surface area contributed by atoms with Gasteiger partial charge in [0.15, 0.2) is 0 Å². The van der Waals surface area contributed by atoms with E-state index in [1.54, 1.807) is 0 Å². The maximum Gasteiger partial charge on any atom is 0.0464 e. The first-order valence-electron chi connectivity index (χ1n) is 17.7.